The first kappa shape index (κ1) is 11.8. The molecule has 0 aromatic heterocycles. The summed E-state index contributed by atoms with van der Waals surface area (Å²) in [6.45, 7) is 3.94. The van der Waals surface area contributed by atoms with E-state index in [0.717, 1.165) is 0 Å². The highest BCUT2D eigenvalue weighted by molar-refractivity contribution is 7.51. The van der Waals surface area contributed by atoms with Gasteiger partial charge in [-0.1, -0.05) is 0 Å². The predicted octanol–water partition coefficient (Wildman–Crippen LogP) is 0.956. The van der Waals surface area contributed by atoms with Crippen molar-refractivity contribution in [3.05, 3.63) is 0 Å². The molecule has 0 aliphatic carbocycles. The highest BCUT2D eigenvalue weighted by Gasteiger charge is 2.21. The molecule has 0 aliphatic heterocycles. The zero-order valence-electron chi connectivity index (χ0n) is 7.28. The van der Waals surface area contributed by atoms with E-state index in [1.807, 2.05) is 0 Å². The van der Waals surface area contributed by atoms with Gasteiger partial charge in [0.1, 0.15) is 6.29 Å². The van der Waals surface area contributed by atoms with Crippen molar-refractivity contribution >= 4 is 14.0 Å². The van der Waals surface area contributed by atoms with Gasteiger partial charge in [0.25, 0.3) is 0 Å². The van der Waals surface area contributed by atoms with Crippen molar-refractivity contribution < 1.29 is 18.4 Å². The number of carbonyl (C=O) groups is 1. The SMILES string of the molecule is CCOP(=O)(NCC=O)OCC. The zero-order valence-corrected chi connectivity index (χ0v) is 8.17. The molecular weight excluding hydrogens is 181 g/mol. The van der Waals surface area contributed by atoms with Crippen molar-refractivity contribution in [3.63, 3.8) is 0 Å². The molecule has 0 spiro atoms. The molecule has 0 bridgehead atoms. The van der Waals surface area contributed by atoms with Gasteiger partial charge < -0.3 is 4.79 Å². The molecule has 0 fully saturated rings. The second-order valence-corrected chi connectivity index (χ2v) is 3.69. The van der Waals surface area contributed by atoms with Crippen LogP contribution in [-0.4, -0.2) is 26.0 Å². The second-order valence-electron chi connectivity index (χ2n) is 1.86. The molecule has 1 N–H and O–H groups in total. The van der Waals surface area contributed by atoms with Crippen LogP contribution in [0, 0.1) is 0 Å². The minimum Gasteiger partial charge on any atom is -0.302 e. The highest BCUT2D eigenvalue weighted by atomic mass is 31.2. The lowest BCUT2D eigenvalue weighted by molar-refractivity contribution is -0.107. The van der Waals surface area contributed by atoms with Crippen LogP contribution < -0.4 is 5.09 Å². The molecule has 0 heterocycles. The predicted molar refractivity (Wildman–Crippen MR) is 44.9 cm³/mol. The van der Waals surface area contributed by atoms with Crippen molar-refractivity contribution in [2.45, 2.75) is 13.8 Å². The van der Waals surface area contributed by atoms with E-state index in [0.29, 0.717) is 6.29 Å². The number of aldehydes is 1. The Morgan fingerprint density at radius 3 is 2.17 bits per heavy atom. The Bertz CT molecular complexity index is 163. The Hall–Kier alpha value is -0.220. The third-order valence-electron chi connectivity index (χ3n) is 0.966. The Kier molecular flexibility index (Phi) is 6.20. The van der Waals surface area contributed by atoms with Crippen molar-refractivity contribution in [2.75, 3.05) is 19.8 Å². The van der Waals surface area contributed by atoms with E-state index < -0.39 is 7.75 Å². The third kappa shape index (κ3) is 4.62. The molecule has 0 saturated carbocycles. The maximum Gasteiger partial charge on any atom is 0.405 e. The summed E-state index contributed by atoms with van der Waals surface area (Å²) < 4.78 is 21.1. The van der Waals surface area contributed by atoms with Crippen LogP contribution in [0.3, 0.4) is 0 Å². The molecule has 72 valence electrons. The molecule has 0 amide bonds. The van der Waals surface area contributed by atoms with E-state index in [1.54, 1.807) is 13.8 Å². The normalized spacial score (nSPS) is 11.5. The zero-order chi connectivity index (χ0) is 9.45. The van der Waals surface area contributed by atoms with E-state index in [1.165, 1.54) is 0 Å². The monoisotopic (exact) mass is 195 g/mol. The van der Waals surface area contributed by atoms with Crippen LogP contribution in [0.1, 0.15) is 13.8 Å². The second kappa shape index (κ2) is 6.31. The van der Waals surface area contributed by atoms with Crippen molar-refractivity contribution in [2.24, 2.45) is 0 Å². The Morgan fingerprint density at radius 1 is 1.33 bits per heavy atom. The first-order valence-corrected chi connectivity index (χ1v) is 5.30. The highest BCUT2D eigenvalue weighted by Crippen LogP contribution is 2.42. The van der Waals surface area contributed by atoms with Crippen molar-refractivity contribution in [3.8, 4) is 0 Å². The number of hydrogen-bond acceptors (Lipinski definition) is 4. The Balaban J connectivity index is 3.98. The molecule has 0 saturated heterocycles. The summed E-state index contributed by atoms with van der Waals surface area (Å²) in [6.07, 6.45) is 0.602. The van der Waals surface area contributed by atoms with E-state index in [9.17, 15) is 9.36 Å². The number of nitrogens with one attached hydrogen (secondary N) is 1. The van der Waals surface area contributed by atoms with E-state index in [4.69, 9.17) is 9.05 Å². The molecular formula is C6H14NO4P. The molecule has 6 heteroatoms. The van der Waals surface area contributed by atoms with Gasteiger partial charge in [-0.25, -0.2) is 9.65 Å². The Morgan fingerprint density at radius 2 is 1.83 bits per heavy atom. The molecule has 0 radical (unpaired) electrons. The fourth-order valence-electron chi connectivity index (χ4n) is 0.618. The molecule has 0 rings (SSSR count). The maximum absolute atomic E-state index is 11.5. The van der Waals surface area contributed by atoms with Gasteiger partial charge >= 0.3 is 7.75 Å². The molecule has 0 atom stereocenters. The van der Waals surface area contributed by atoms with Gasteiger partial charge in [-0.3, -0.25) is 9.05 Å². The summed E-state index contributed by atoms with van der Waals surface area (Å²) in [5.41, 5.74) is 0. The average Bonchev–Trinajstić information content (AvgIpc) is 2.02. The fraction of sp³-hybridized carbons (Fsp3) is 0.833. The van der Waals surface area contributed by atoms with Crippen LogP contribution in [-0.2, 0) is 18.4 Å². The first-order chi connectivity index (χ1) is 5.68. The van der Waals surface area contributed by atoms with Crippen molar-refractivity contribution in [1.29, 1.82) is 0 Å². The standard InChI is InChI=1S/C6H14NO4P/c1-3-10-12(9,11-4-2)7-5-6-8/h6H,3-5H2,1-2H3,(H,7,9). The summed E-state index contributed by atoms with van der Waals surface area (Å²) >= 11 is 0. The number of rotatable bonds is 7. The van der Waals surface area contributed by atoms with Crippen molar-refractivity contribution in [1.82, 2.24) is 5.09 Å². The smallest absolute Gasteiger partial charge is 0.302 e. The summed E-state index contributed by atoms with van der Waals surface area (Å²) in [7, 11) is -3.22. The van der Waals surface area contributed by atoms with E-state index in [2.05, 4.69) is 5.09 Å². The average molecular weight is 195 g/mol. The van der Waals surface area contributed by atoms with Gasteiger partial charge in [-0.2, -0.15) is 0 Å². The minimum absolute atomic E-state index is 0.0305. The van der Waals surface area contributed by atoms with Gasteiger partial charge in [0.05, 0.1) is 19.8 Å². The van der Waals surface area contributed by atoms with Crippen LogP contribution in [0.25, 0.3) is 0 Å². The molecule has 0 aromatic rings. The van der Waals surface area contributed by atoms with Crippen LogP contribution >= 0.6 is 7.75 Å². The van der Waals surface area contributed by atoms with Gasteiger partial charge in [0.2, 0.25) is 0 Å². The molecule has 0 aromatic carbocycles. The van der Waals surface area contributed by atoms with Crippen LogP contribution in [0.4, 0.5) is 0 Å². The quantitative estimate of drug-likeness (QED) is 0.484. The van der Waals surface area contributed by atoms with Gasteiger partial charge in [0, 0.05) is 0 Å². The third-order valence-corrected chi connectivity index (χ3v) is 2.73. The summed E-state index contributed by atoms with van der Waals surface area (Å²) in [6, 6.07) is 0. The summed E-state index contributed by atoms with van der Waals surface area (Å²) in [4.78, 5) is 9.97. The number of carbonyl (C=O) groups excluding carboxylic acids is 1. The van der Waals surface area contributed by atoms with E-state index >= 15 is 0 Å². The molecule has 0 aliphatic rings. The lowest BCUT2D eigenvalue weighted by Gasteiger charge is -2.15. The topological polar surface area (TPSA) is 64.6 Å². The summed E-state index contributed by atoms with van der Waals surface area (Å²) in [5, 5.41) is 2.39. The first-order valence-electron chi connectivity index (χ1n) is 3.76. The minimum atomic E-state index is -3.22. The lowest BCUT2D eigenvalue weighted by Crippen LogP contribution is -2.16. The largest absolute Gasteiger partial charge is 0.405 e. The van der Waals surface area contributed by atoms with Gasteiger partial charge in [0.15, 0.2) is 0 Å². The molecule has 12 heavy (non-hydrogen) atoms. The summed E-state index contributed by atoms with van der Waals surface area (Å²) in [5.74, 6) is 0. The number of hydrogen-bond donors (Lipinski definition) is 1. The van der Waals surface area contributed by atoms with Crippen LogP contribution in [0.15, 0.2) is 0 Å². The van der Waals surface area contributed by atoms with Gasteiger partial charge in [-0.05, 0) is 13.8 Å². The molecule has 5 nitrogen and oxygen atoms in total. The van der Waals surface area contributed by atoms with Crippen LogP contribution in [0.5, 0.6) is 0 Å². The Labute approximate surface area is 72.0 Å². The van der Waals surface area contributed by atoms with Crippen LogP contribution in [0.2, 0.25) is 0 Å². The van der Waals surface area contributed by atoms with E-state index in [-0.39, 0.29) is 19.8 Å². The van der Waals surface area contributed by atoms with Gasteiger partial charge in [-0.15, -0.1) is 0 Å². The fourth-order valence-corrected chi connectivity index (χ4v) is 1.85. The molecule has 0 unspecified atom stereocenters. The lowest BCUT2D eigenvalue weighted by atomic mass is 10.8. The maximum atomic E-state index is 11.5.